The van der Waals surface area contributed by atoms with E-state index in [0.29, 0.717) is 0 Å². The molecule has 3 nitrogen and oxygen atoms in total. The molecule has 0 spiro atoms. The smallest absolute Gasteiger partial charge is 0.256 e. The largest absolute Gasteiger partial charge is 0.458 e. The van der Waals surface area contributed by atoms with Crippen LogP contribution in [0.15, 0.2) is 97.1 Å². The molecule has 0 unspecified atom stereocenters. The number of anilines is 3. The molecule has 1 aliphatic carbocycles. The molecule has 3 heterocycles. The molecule has 10 rings (SSSR count). The lowest BCUT2D eigenvalue weighted by atomic mass is 9.34. The fourth-order valence-corrected chi connectivity index (χ4v) is 10.2. The number of fused-ring (bicyclic) bond motifs is 8. The first-order chi connectivity index (χ1) is 28.1. The summed E-state index contributed by atoms with van der Waals surface area (Å²) in [6, 6.07) is 38.5. The van der Waals surface area contributed by atoms with Crippen molar-refractivity contribution >= 4 is 62.0 Å². The van der Waals surface area contributed by atoms with E-state index in [1.54, 1.807) is 0 Å². The first-order valence-corrected chi connectivity index (χ1v) is 22.3. The van der Waals surface area contributed by atoms with Crippen molar-refractivity contribution in [2.45, 2.75) is 131 Å². The second-order valence-corrected chi connectivity index (χ2v) is 22.4. The van der Waals surface area contributed by atoms with E-state index in [1.807, 2.05) is 0 Å². The van der Waals surface area contributed by atoms with E-state index in [9.17, 15) is 0 Å². The number of hydrogen-bond acceptors (Lipinski definition) is 2. The number of benzene rings is 6. The number of hydrogen-bond donors (Lipinski definition) is 0. The number of aryl methyl sites for hydroxylation is 3. The van der Waals surface area contributed by atoms with E-state index in [1.165, 1.54) is 101 Å². The monoisotopic (exact) mass is 788 g/mol. The van der Waals surface area contributed by atoms with Crippen LogP contribution in [0.1, 0.15) is 128 Å². The molecule has 0 atom stereocenters. The van der Waals surface area contributed by atoms with Gasteiger partial charge in [-0.1, -0.05) is 119 Å². The van der Waals surface area contributed by atoms with Crippen molar-refractivity contribution in [3.05, 3.63) is 136 Å². The fraction of sp³-hybridized carbons (Fsp3) is 0.357. The van der Waals surface area contributed by atoms with Gasteiger partial charge in [0.25, 0.3) is 6.71 Å². The van der Waals surface area contributed by atoms with Crippen molar-refractivity contribution in [1.82, 2.24) is 4.57 Å². The van der Waals surface area contributed by atoms with Crippen molar-refractivity contribution in [1.29, 1.82) is 0 Å². The SMILES string of the molecule is Cc1cc2c3c(c1)N(c1ccc(C(C)(C)C)cc1)c1cc4c(cc1B3c1cc(C(C)(C)C)ccc1O2)c1cc2c(cc1n4-c1cc(C(C)(C)C)cc(C(C)(C)C)c1)CCC2. The molecule has 0 saturated carbocycles. The Labute approximate surface area is 358 Å². The molecule has 0 N–H and O–H groups in total. The second kappa shape index (κ2) is 12.9. The Morgan fingerprint density at radius 2 is 1.07 bits per heavy atom. The highest BCUT2D eigenvalue weighted by Crippen LogP contribution is 2.46. The van der Waals surface area contributed by atoms with Crippen LogP contribution in [0, 0.1) is 6.92 Å². The van der Waals surface area contributed by atoms with Gasteiger partial charge in [0.05, 0.1) is 11.0 Å². The minimum Gasteiger partial charge on any atom is -0.458 e. The first kappa shape index (κ1) is 39.0. The van der Waals surface area contributed by atoms with E-state index in [2.05, 4.69) is 197 Å². The topological polar surface area (TPSA) is 17.4 Å². The molecule has 0 radical (unpaired) electrons. The summed E-state index contributed by atoms with van der Waals surface area (Å²) in [6.07, 6.45) is 3.51. The molecule has 7 aromatic rings. The third-order valence-corrected chi connectivity index (χ3v) is 13.8. The van der Waals surface area contributed by atoms with Gasteiger partial charge in [0.2, 0.25) is 0 Å². The van der Waals surface area contributed by atoms with Gasteiger partial charge in [-0.05, 0) is 164 Å². The third-order valence-electron chi connectivity index (χ3n) is 13.8. The maximum atomic E-state index is 6.95. The quantitative estimate of drug-likeness (QED) is 0.162. The zero-order chi connectivity index (χ0) is 42.4. The Morgan fingerprint density at radius 1 is 0.483 bits per heavy atom. The lowest BCUT2D eigenvalue weighted by Crippen LogP contribution is -2.59. The molecule has 0 saturated heterocycles. The van der Waals surface area contributed by atoms with Gasteiger partial charge >= 0.3 is 0 Å². The Bertz CT molecular complexity index is 2890. The highest BCUT2D eigenvalue weighted by atomic mass is 16.5. The third kappa shape index (κ3) is 6.14. The average Bonchev–Trinajstić information content (AvgIpc) is 3.75. The average molecular weight is 789 g/mol. The highest BCUT2D eigenvalue weighted by Gasteiger charge is 2.43. The van der Waals surface area contributed by atoms with E-state index >= 15 is 0 Å². The van der Waals surface area contributed by atoms with Crippen molar-refractivity contribution < 1.29 is 4.74 Å². The van der Waals surface area contributed by atoms with Crippen LogP contribution in [-0.2, 0) is 34.5 Å². The molecule has 1 aromatic heterocycles. The summed E-state index contributed by atoms with van der Waals surface area (Å²) in [4.78, 5) is 2.54. The molecule has 60 heavy (non-hydrogen) atoms. The zero-order valence-electron chi connectivity index (χ0n) is 38.2. The molecule has 0 fully saturated rings. The first-order valence-electron chi connectivity index (χ1n) is 22.3. The summed E-state index contributed by atoms with van der Waals surface area (Å²) in [7, 11) is 0. The lowest BCUT2D eigenvalue weighted by molar-refractivity contribution is 0.486. The Kier molecular flexibility index (Phi) is 8.37. The minimum atomic E-state index is -0.00711. The molecule has 6 aromatic carbocycles. The minimum absolute atomic E-state index is 0.00496. The zero-order valence-corrected chi connectivity index (χ0v) is 38.2. The second-order valence-electron chi connectivity index (χ2n) is 22.4. The van der Waals surface area contributed by atoms with E-state index in [4.69, 9.17) is 4.74 Å². The van der Waals surface area contributed by atoms with Gasteiger partial charge in [-0.3, -0.25) is 0 Å². The lowest BCUT2D eigenvalue weighted by Gasteiger charge is -2.41. The molecule has 4 heteroatoms. The summed E-state index contributed by atoms with van der Waals surface area (Å²) >= 11 is 0. The number of aromatic nitrogens is 1. The number of nitrogens with zero attached hydrogens (tertiary/aromatic N) is 2. The van der Waals surface area contributed by atoms with E-state index in [0.717, 1.165) is 30.0 Å². The van der Waals surface area contributed by atoms with Crippen LogP contribution in [-0.4, -0.2) is 11.3 Å². The normalized spacial score (nSPS) is 14.9. The number of rotatable bonds is 2. The van der Waals surface area contributed by atoms with Gasteiger partial charge in [0.15, 0.2) is 0 Å². The van der Waals surface area contributed by atoms with Crippen LogP contribution >= 0.6 is 0 Å². The molecular weight excluding hydrogens is 727 g/mol. The van der Waals surface area contributed by atoms with Gasteiger partial charge in [0, 0.05) is 33.5 Å². The van der Waals surface area contributed by atoms with Crippen LogP contribution in [0.25, 0.3) is 27.5 Å². The van der Waals surface area contributed by atoms with Crippen molar-refractivity contribution in [3.63, 3.8) is 0 Å². The van der Waals surface area contributed by atoms with E-state index in [-0.39, 0.29) is 28.4 Å². The van der Waals surface area contributed by atoms with Crippen molar-refractivity contribution in [3.8, 4) is 17.2 Å². The van der Waals surface area contributed by atoms with Crippen LogP contribution in [0.5, 0.6) is 11.5 Å². The summed E-state index contributed by atoms with van der Waals surface area (Å²) in [5, 5.41) is 2.66. The molecular formula is C56H61BN2O. The Morgan fingerprint density at radius 3 is 1.70 bits per heavy atom. The molecule has 304 valence electrons. The van der Waals surface area contributed by atoms with Gasteiger partial charge in [0.1, 0.15) is 11.5 Å². The van der Waals surface area contributed by atoms with Gasteiger partial charge < -0.3 is 14.2 Å². The summed E-state index contributed by atoms with van der Waals surface area (Å²) in [5.41, 5.74) is 20.8. The fourth-order valence-electron chi connectivity index (χ4n) is 10.2. The molecule has 0 bridgehead atoms. The Balaban J connectivity index is 1.34. The molecule has 3 aliphatic rings. The predicted molar refractivity (Wildman–Crippen MR) is 258 cm³/mol. The van der Waals surface area contributed by atoms with Crippen LogP contribution in [0.3, 0.4) is 0 Å². The van der Waals surface area contributed by atoms with Gasteiger partial charge in [-0.15, -0.1) is 0 Å². The maximum Gasteiger partial charge on any atom is 0.256 e. The van der Waals surface area contributed by atoms with Crippen molar-refractivity contribution in [2.75, 3.05) is 4.90 Å². The van der Waals surface area contributed by atoms with Crippen LogP contribution < -0.4 is 26.0 Å². The standard InChI is InChI=1S/C56H61BN2O/c1-33-23-49-52-51(24-33)60-50-22-19-37(54(5,6)7)30-45(50)57(52)44-31-43-42-25-34-15-14-16-35(34)26-46(42)59(41-28-38(55(8,9)10)27-39(29-41)56(11,12)13)47(43)32-48(44)58(49)40-20-17-36(18-21-40)53(2,3)4/h17-32H,14-16H2,1-13H3. The van der Waals surface area contributed by atoms with Gasteiger partial charge in [-0.25, -0.2) is 0 Å². The van der Waals surface area contributed by atoms with Crippen LogP contribution in [0.2, 0.25) is 0 Å². The summed E-state index contributed by atoms with van der Waals surface area (Å²) in [6.45, 7) is 30.1. The van der Waals surface area contributed by atoms with Gasteiger partial charge in [-0.2, -0.15) is 0 Å². The highest BCUT2D eigenvalue weighted by molar-refractivity contribution is 6.99. The van der Waals surface area contributed by atoms with Crippen LogP contribution in [0.4, 0.5) is 17.1 Å². The predicted octanol–water partition coefficient (Wildman–Crippen LogP) is 13.2. The maximum absolute atomic E-state index is 6.95. The summed E-state index contributed by atoms with van der Waals surface area (Å²) < 4.78 is 9.57. The Hall–Kier alpha value is -5.22. The summed E-state index contributed by atoms with van der Waals surface area (Å²) in [5.74, 6) is 1.92. The molecule has 2 aliphatic heterocycles. The molecule has 0 amide bonds. The van der Waals surface area contributed by atoms with Crippen molar-refractivity contribution in [2.24, 2.45) is 0 Å². The van der Waals surface area contributed by atoms with E-state index < -0.39 is 0 Å². The number of ether oxygens (including phenoxy) is 1.